The van der Waals surface area contributed by atoms with Crippen molar-refractivity contribution in [2.45, 2.75) is 0 Å². The van der Waals surface area contributed by atoms with Crippen LogP contribution in [0.25, 0.3) is 11.1 Å². The molecule has 98 valence electrons. The van der Waals surface area contributed by atoms with Crippen molar-refractivity contribution in [3.05, 3.63) is 52.4 Å². The van der Waals surface area contributed by atoms with Gasteiger partial charge in [-0.05, 0) is 23.8 Å². The maximum absolute atomic E-state index is 11.9. The Balaban J connectivity index is 2.71. The van der Waals surface area contributed by atoms with E-state index in [2.05, 4.69) is 0 Å². The van der Waals surface area contributed by atoms with Gasteiger partial charge in [-0.15, -0.1) is 0 Å². The number of carboxylic acids is 1. The van der Waals surface area contributed by atoms with Gasteiger partial charge in [0.1, 0.15) is 11.3 Å². The minimum Gasteiger partial charge on any atom is -0.497 e. The molecule has 5 heteroatoms. The molecule has 1 heterocycles. The highest BCUT2D eigenvalue weighted by atomic mass is 16.5. The summed E-state index contributed by atoms with van der Waals surface area (Å²) in [4.78, 5) is 23.2. The van der Waals surface area contributed by atoms with E-state index in [0.717, 1.165) is 0 Å². The number of methoxy groups -OCH3 is 1. The molecule has 0 amide bonds. The average Bonchev–Trinajstić information content (AvgIpc) is 2.41. The maximum atomic E-state index is 11.9. The molecule has 5 nitrogen and oxygen atoms in total. The summed E-state index contributed by atoms with van der Waals surface area (Å²) in [5.74, 6) is -0.631. The average molecular weight is 259 g/mol. The number of hydrogen-bond donors (Lipinski definition) is 1. The lowest BCUT2D eigenvalue weighted by Gasteiger charge is -2.09. The van der Waals surface area contributed by atoms with Crippen LogP contribution in [-0.4, -0.2) is 22.8 Å². The number of rotatable bonds is 3. The molecule has 2 aromatic rings. The highest BCUT2D eigenvalue weighted by Gasteiger charge is 2.17. The van der Waals surface area contributed by atoms with Crippen molar-refractivity contribution < 1.29 is 14.6 Å². The van der Waals surface area contributed by atoms with Gasteiger partial charge in [0, 0.05) is 18.8 Å². The summed E-state index contributed by atoms with van der Waals surface area (Å²) in [5.41, 5.74) is 0.245. The highest BCUT2D eigenvalue weighted by molar-refractivity contribution is 5.95. The summed E-state index contributed by atoms with van der Waals surface area (Å²) in [7, 11) is 3.05. The van der Waals surface area contributed by atoms with Gasteiger partial charge in [-0.25, -0.2) is 4.79 Å². The molecular weight excluding hydrogens is 246 g/mol. The fourth-order valence-electron chi connectivity index (χ4n) is 1.87. The number of hydrogen-bond acceptors (Lipinski definition) is 3. The zero-order valence-corrected chi connectivity index (χ0v) is 10.6. The minimum absolute atomic E-state index is 0.238. The lowest BCUT2D eigenvalue weighted by atomic mass is 10.0. The van der Waals surface area contributed by atoms with Gasteiger partial charge in [-0.1, -0.05) is 12.1 Å². The van der Waals surface area contributed by atoms with Gasteiger partial charge < -0.3 is 14.4 Å². The standard InChI is InChI=1S/C14H13NO4/c1-15-7-6-11(12(13(15)16)14(17)18)9-4-3-5-10(8-9)19-2/h3-8H,1-2H3,(H,17,18). The van der Waals surface area contributed by atoms with Crippen LogP contribution in [0.1, 0.15) is 10.4 Å². The molecule has 0 fully saturated rings. The van der Waals surface area contributed by atoms with Crippen molar-refractivity contribution in [1.82, 2.24) is 4.57 Å². The number of aryl methyl sites for hydroxylation is 1. The van der Waals surface area contributed by atoms with E-state index < -0.39 is 11.5 Å². The van der Waals surface area contributed by atoms with E-state index in [0.29, 0.717) is 16.9 Å². The van der Waals surface area contributed by atoms with Crippen molar-refractivity contribution in [1.29, 1.82) is 0 Å². The predicted octanol–water partition coefficient (Wildman–Crippen LogP) is 1.76. The summed E-state index contributed by atoms with van der Waals surface area (Å²) in [6.07, 6.45) is 1.55. The Labute approximate surface area is 109 Å². The number of aromatic nitrogens is 1. The van der Waals surface area contributed by atoms with Crippen LogP contribution in [0, 0.1) is 0 Å². The van der Waals surface area contributed by atoms with E-state index in [1.54, 1.807) is 36.5 Å². The first-order valence-corrected chi connectivity index (χ1v) is 5.62. The lowest BCUT2D eigenvalue weighted by molar-refractivity contribution is 0.0695. The Kier molecular flexibility index (Phi) is 3.37. The van der Waals surface area contributed by atoms with Crippen LogP contribution in [0.15, 0.2) is 41.3 Å². The molecule has 1 N–H and O–H groups in total. The van der Waals surface area contributed by atoms with Crippen LogP contribution in [-0.2, 0) is 7.05 Å². The van der Waals surface area contributed by atoms with Crippen LogP contribution in [0.5, 0.6) is 5.75 Å². The molecule has 0 saturated carbocycles. The van der Waals surface area contributed by atoms with E-state index in [4.69, 9.17) is 4.74 Å². The van der Waals surface area contributed by atoms with Gasteiger partial charge in [0.05, 0.1) is 7.11 Å². The number of aromatic carboxylic acids is 1. The fourth-order valence-corrected chi connectivity index (χ4v) is 1.87. The van der Waals surface area contributed by atoms with Crippen LogP contribution < -0.4 is 10.3 Å². The summed E-state index contributed by atoms with van der Waals surface area (Å²) in [6.45, 7) is 0. The van der Waals surface area contributed by atoms with Gasteiger partial charge in [0.25, 0.3) is 5.56 Å². The van der Waals surface area contributed by atoms with Crippen molar-refractivity contribution in [2.75, 3.05) is 7.11 Å². The molecular formula is C14H13NO4. The SMILES string of the molecule is COc1cccc(-c2ccn(C)c(=O)c2C(=O)O)c1. The monoisotopic (exact) mass is 259 g/mol. The number of carbonyl (C=O) groups is 1. The molecule has 19 heavy (non-hydrogen) atoms. The number of ether oxygens (including phenoxy) is 1. The van der Waals surface area contributed by atoms with Crippen molar-refractivity contribution in [3.63, 3.8) is 0 Å². The molecule has 0 bridgehead atoms. The Morgan fingerprint density at radius 1 is 1.32 bits per heavy atom. The van der Waals surface area contributed by atoms with Crippen molar-refractivity contribution in [3.8, 4) is 16.9 Å². The first-order chi connectivity index (χ1) is 9.04. The normalized spacial score (nSPS) is 10.2. The maximum Gasteiger partial charge on any atom is 0.341 e. The second-order valence-corrected chi connectivity index (χ2v) is 4.06. The third-order valence-corrected chi connectivity index (χ3v) is 2.86. The highest BCUT2D eigenvalue weighted by Crippen LogP contribution is 2.25. The first-order valence-electron chi connectivity index (χ1n) is 5.62. The van der Waals surface area contributed by atoms with Gasteiger partial charge in [-0.2, -0.15) is 0 Å². The quantitative estimate of drug-likeness (QED) is 0.911. The minimum atomic E-state index is -1.24. The first kappa shape index (κ1) is 12.9. The zero-order chi connectivity index (χ0) is 14.0. The summed E-state index contributed by atoms with van der Waals surface area (Å²) < 4.78 is 6.34. The summed E-state index contributed by atoms with van der Waals surface area (Å²) in [6, 6.07) is 8.55. The van der Waals surface area contributed by atoms with Crippen LogP contribution >= 0.6 is 0 Å². The largest absolute Gasteiger partial charge is 0.497 e. The zero-order valence-electron chi connectivity index (χ0n) is 10.6. The Morgan fingerprint density at radius 3 is 2.68 bits per heavy atom. The Hall–Kier alpha value is -2.56. The molecule has 0 aliphatic carbocycles. The van der Waals surface area contributed by atoms with Gasteiger partial charge in [0.2, 0.25) is 0 Å². The van der Waals surface area contributed by atoms with Gasteiger partial charge in [0.15, 0.2) is 0 Å². The molecule has 2 rings (SSSR count). The molecule has 1 aromatic carbocycles. The fraction of sp³-hybridized carbons (Fsp3) is 0.143. The summed E-state index contributed by atoms with van der Waals surface area (Å²) in [5, 5.41) is 9.21. The van der Waals surface area contributed by atoms with E-state index in [1.165, 1.54) is 18.7 Å². The topological polar surface area (TPSA) is 68.5 Å². The molecule has 1 aromatic heterocycles. The molecule has 0 aliphatic heterocycles. The smallest absolute Gasteiger partial charge is 0.341 e. The molecule has 0 aliphatic rings. The van der Waals surface area contributed by atoms with Gasteiger partial charge >= 0.3 is 5.97 Å². The van der Waals surface area contributed by atoms with E-state index in [1.807, 2.05) is 0 Å². The Bertz CT molecular complexity index is 688. The van der Waals surface area contributed by atoms with Crippen LogP contribution in [0.4, 0.5) is 0 Å². The predicted molar refractivity (Wildman–Crippen MR) is 70.6 cm³/mol. The van der Waals surface area contributed by atoms with E-state index in [-0.39, 0.29) is 5.56 Å². The Morgan fingerprint density at radius 2 is 2.05 bits per heavy atom. The van der Waals surface area contributed by atoms with Gasteiger partial charge in [-0.3, -0.25) is 4.79 Å². The molecule has 0 unspecified atom stereocenters. The molecule has 0 radical (unpaired) electrons. The second-order valence-electron chi connectivity index (χ2n) is 4.06. The number of pyridine rings is 1. The van der Waals surface area contributed by atoms with Crippen molar-refractivity contribution >= 4 is 5.97 Å². The van der Waals surface area contributed by atoms with Crippen LogP contribution in [0.2, 0.25) is 0 Å². The second kappa shape index (κ2) is 4.97. The third-order valence-electron chi connectivity index (χ3n) is 2.86. The van der Waals surface area contributed by atoms with Crippen molar-refractivity contribution in [2.24, 2.45) is 7.05 Å². The summed E-state index contributed by atoms with van der Waals surface area (Å²) >= 11 is 0. The molecule has 0 spiro atoms. The number of nitrogens with zero attached hydrogens (tertiary/aromatic N) is 1. The third kappa shape index (κ3) is 2.35. The van der Waals surface area contributed by atoms with E-state index >= 15 is 0 Å². The number of benzene rings is 1. The lowest BCUT2D eigenvalue weighted by Crippen LogP contribution is -2.24. The van der Waals surface area contributed by atoms with Crippen LogP contribution in [0.3, 0.4) is 0 Å². The molecule has 0 atom stereocenters. The number of carboxylic acid groups (broad SMARTS) is 1. The molecule has 0 saturated heterocycles. The van der Waals surface area contributed by atoms with E-state index in [9.17, 15) is 14.7 Å².